The summed E-state index contributed by atoms with van der Waals surface area (Å²) in [6.45, 7) is 4.81. The van der Waals surface area contributed by atoms with E-state index in [1.807, 2.05) is 18.3 Å². The maximum absolute atomic E-state index is 4.57. The largest absolute Gasteiger partial charge is 0.256 e. The molecule has 0 radical (unpaired) electrons. The lowest BCUT2D eigenvalue weighted by Crippen LogP contribution is -2.95. The smallest absolute Gasteiger partial charge is 0.157 e. The molecule has 9 rings (SSSR count). The Labute approximate surface area is 270 Å². The maximum Gasteiger partial charge on any atom is 0.157 e. The van der Waals surface area contributed by atoms with Gasteiger partial charge in [-0.3, -0.25) is 4.98 Å². The Morgan fingerprint density at radius 1 is 0.500 bits per heavy atom. The van der Waals surface area contributed by atoms with Crippen molar-refractivity contribution < 1.29 is 4.90 Å². The van der Waals surface area contributed by atoms with Gasteiger partial charge >= 0.3 is 0 Å². The van der Waals surface area contributed by atoms with Crippen molar-refractivity contribution in [2.24, 2.45) is 0 Å². The first kappa shape index (κ1) is 26.8. The van der Waals surface area contributed by atoms with Crippen LogP contribution < -0.4 is 4.90 Å². The second kappa shape index (κ2) is 10.2. The van der Waals surface area contributed by atoms with Crippen LogP contribution in [-0.2, 0) is 5.41 Å². The molecule has 0 amide bonds. The summed E-state index contributed by atoms with van der Waals surface area (Å²) in [7, 11) is 0. The Kier molecular flexibility index (Phi) is 5.96. The van der Waals surface area contributed by atoms with Crippen LogP contribution in [0.4, 0.5) is 17.1 Å². The first-order valence-corrected chi connectivity index (χ1v) is 16.1. The van der Waals surface area contributed by atoms with Crippen LogP contribution in [0.1, 0.15) is 25.0 Å². The van der Waals surface area contributed by atoms with Crippen molar-refractivity contribution in [1.29, 1.82) is 0 Å². The highest BCUT2D eigenvalue weighted by Gasteiger charge is 2.45. The monoisotopic (exact) mass is 589 g/mol. The molecule has 46 heavy (non-hydrogen) atoms. The first-order valence-electron chi connectivity index (χ1n) is 16.1. The molecule has 1 unspecified atom stereocenters. The highest BCUT2D eigenvalue weighted by Crippen LogP contribution is 2.57. The van der Waals surface area contributed by atoms with Crippen molar-refractivity contribution in [3.05, 3.63) is 169 Å². The fourth-order valence-electron chi connectivity index (χ4n) is 7.89. The van der Waals surface area contributed by atoms with E-state index in [2.05, 4.69) is 158 Å². The summed E-state index contributed by atoms with van der Waals surface area (Å²) in [5.41, 5.74) is 19.1. The molecule has 1 aliphatic heterocycles. The minimum Gasteiger partial charge on any atom is -0.256 e. The fraction of sp³-hybridized carbons (Fsp3) is 0.0682. The van der Waals surface area contributed by atoms with Gasteiger partial charge in [0.25, 0.3) is 0 Å². The highest BCUT2D eigenvalue weighted by atomic mass is 15.2. The molecule has 218 valence electrons. The van der Waals surface area contributed by atoms with E-state index in [-0.39, 0.29) is 5.41 Å². The third-order valence-electron chi connectivity index (χ3n) is 9.99. The third kappa shape index (κ3) is 3.97. The van der Waals surface area contributed by atoms with Crippen LogP contribution in [0, 0.1) is 0 Å². The Balaban J connectivity index is 1.26. The van der Waals surface area contributed by atoms with E-state index in [1.54, 1.807) is 0 Å². The van der Waals surface area contributed by atoms with Crippen LogP contribution in [0.3, 0.4) is 0 Å². The average Bonchev–Trinajstić information content (AvgIpc) is 3.58. The highest BCUT2D eigenvalue weighted by molar-refractivity contribution is 6.01. The van der Waals surface area contributed by atoms with Gasteiger partial charge in [-0.05, 0) is 87.5 Å². The molecule has 0 saturated carbocycles. The summed E-state index contributed by atoms with van der Waals surface area (Å²) in [6, 6.07) is 55.3. The lowest BCUT2D eigenvalue weighted by atomic mass is 9.78. The third-order valence-corrected chi connectivity index (χ3v) is 9.99. The van der Waals surface area contributed by atoms with Crippen molar-refractivity contribution in [3.63, 3.8) is 0 Å². The predicted octanol–water partition coefficient (Wildman–Crippen LogP) is 10.5. The molecule has 0 saturated heterocycles. The molecule has 0 spiro atoms. The minimum absolute atomic E-state index is 0.144. The van der Waals surface area contributed by atoms with Gasteiger partial charge in [0.05, 0.1) is 16.8 Å². The van der Waals surface area contributed by atoms with Gasteiger partial charge in [0, 0.05) is 28.8 Å². The quantitative estimate of drug-likeness (QED) is 0.216. The van der Waals surface area contributed by atoms with Crippen molar-refractivity contribution in [3.8, 4) is 55.8 Å². The molecule has 6 aromatic carbocycles. The molecule has 7 aromatic rings. The van der Waals surface area contributed by atoms with Crippen LogP contribution in [0.5, 0.6) is 0 Å². The molecule has 2 aliphatic rings. The molecule has 0 fully saturated rings. The first-order chi connectivity index (χ1) is 22.6. The molecule has 2 heteroatoms. The van der Waals surface area contributed by atoms with Crippen molar-refractivity contribution in [2.45, 2.75) is 19.3 Å². The number of aromatic nitrogens is 1. The van der Waals surface area contributed by atoms with E-state index in [0.29, 0.717) is 0 Å². The van der Waals surface area contributed by atoms with Gasteiger partial charge in [-0.15, -0.1) is 0 Å². The van der Waals surface area contributed by atoms with Gasteiger partial charge in [0.15, 0.2) is 5.69 Å². The zero-order valence-corrected chi connectivity index (χ0v) is 26.0. The lowest BCUT2D eigenvalue weighted by Gasteiger charge is -2.24. The van der Waals surface area contributed by atoms with E-state index in [1.165, 1.54) is 77.6 Å². The number of nitrogens with one attached hydrogen (secondary N) is 1. The van der Waals surface area contributed by atoms with E-state index in [9.17, 15) is 0 Å². The van der Waals surface area contributed by atoms with Gasteiger partial charge in [0.2, 0.25) is 0 Å². The SMILES string of the molecule is CC1(C)c2ccc(-c3ccccc3)cc2-c2ccc3c(c21)-c1cccc(-c2ccc(-c4ccccn4)cc2)c1[NH+]3c1ccccc1. The number of benzene rings is 6. The Morgan fingerprint density at radius 3 is 1.96 bits per heavy atom. The van der Waals surface area contributed by atoms with E-state index in [4.69, 9.17) is 0 Å². The van der Waals surface area contributed by atoms with E-state index >= 15 is 0 Å². The maximum atomic E-state index is 4.57. The molecule has 1 aromatic heterocycles. The number of fused-ring (bicyclic) bond motifs is 7. The summed E-state index contributed by atoms with van der Waals surface area (Å²) in [5, 5.41) is 0. The van der Waals surface area contributed by atoms with E-state index < -0.39 is 0 Å². The van der Waals surface area contributed by atoms with E-state index in [0.717, 1.165) is 11.3 Å². The summed E-state index contributed by atoms with van der Waals surface area (Å²) in [5.74, 6) is 0. The minimum atomic E-state index is -0.144. The van der Waals surface area contributed by atoms with Gasteiger partial charge < -0.3 is 0 Å². The summed E-state index contributed by atoms with van der Waals surface area (Å²) in [4.78, 5) is 5.88. The molecule has 0 bridgehead atoms. The van der Waals surface area contributed by atoms with Crippen molar-refractivity contribution >= 4 is 17.1 Å². The number of quaternary nitrogens is 1. The number of hydrogen-bond donors (Lipinski definition) is 1. The molecule has 1 N–H and O–H groups in total. The molecule has 1 aliphatic carbocycles. The normalized spacial score (nSPS) is 15.1. The summed E-state index contributed by atoms with van der Waals surface area (Å²) >= 11 is 0. The lowest BCUT2D eigenvalue weighted by molar-refractivity contribution is -0.676. The standard InChI is InChI=1S/C44H32N2/c1-44(2)38-25-23-32(29-12-5-3-6-13-29)28-37(38)35-24-26-40-41(42(35)44)36-17-11-16-34(43(36)46(40)33-14-7-4-8-15-33)30-19-21-31(22-20-30)39-18-9-10-27-45-39/h3-28H,1-2H3/p+1. The van der Waals surface area contributed by atoms with Crippen LogP contribution in [0.25, 0.3) is 55.8 Å². The molecule has 2 heterocycles. The van der Waals surface area contributed by atoms with Crippen LogP contribution in [0.2, 0.25) is 0 Å². The topological polar surface area (TPSA) is 17.3 Å². The second-order valence-corrected chi connectivity index (χ2v) is 12.9. The fourth-order valence-corrected chi connectivity index (χ4v) is 7.89. The number of para-hydroxylation sites is 2. The molecule has 1 atom stereocenters. The Bertz CT molecular complexity index is 2250. The van der Waals surface area contributed by atoms with Crippen LogP contribution >= 0.6 is 0 Å². The van der Waals surface area contributed by atoms with Gasteiger partial charge in [-0.1, -0.05) is 111 Å². The number of hydrogen-bond acceptors (Lipinski definition) is 1. The van der Waals surface area contributed by atoms with Gasteiger partial charge in [0.1, 0.15) is 11.4 Å². The molecular weight excluding hydrogens is 556 g/mol. The second-order valence-electron chi connectivity index (χ2n) is 12.9. The zero-order chi connectivity index (χ0) is 30.8. The number of pyridine rings is 1. The average molecular weight is 590 g/mol. The summed E-state index contributed by atoms with van der Waals surface area (Å²) in [6.07, 6.45) is 1.85. The number of nitrogens with zero attached hydrogens (tertiary/aromatic N) is 1. The number of rotatable bonds is 4. The predicted molar refractivity (Wildman–Crippen MR) is 190 cm³/mol. The molecular formula is C44H33N2+. The zero-order valence-electron chi connectivity index (χ0n) is 26.0. The molecule has 2 nitrogen and oxygen atoms in total. The Hall–Kier alpha value is -5.57. The van der Waals surface area contributed by atoms with Gasteiger partial charge in [-0.2, -0.15) is 0 Å². The Morgan fingerprint density at radius 2 is 1.20 bits per heavy atom. The van der Waals surface area contributed by atoms with Gasteiger partial charge in [-0.25, -0.2) is 4.90 Å². The summed E-state index contributed by atoms with van der Waals surface area (Å²) < 4.78 is 0. The van der Waals surface area contributed by atoms with Crippen LogP contribution in [-0.4, -0.2) is 4.98 Å². The van der Waals surface area contributed by atoms with Crippen molar-refractivity contribution in [2.75, 3.05) is 0 Å². The van der Waals surface area contributed by atoms with Crippen LogP contribution in [0.15, 0.2) is 158 Å². The van der Waals surface area contributed by atoms with Crippen molar-refractivity contribution in [1.82, 2.24) is 4.98 Å².